The predicted molar refractivity (Wildman–Crippen MR) is 162 cm³/mol. The summed E-state index contributed by atoms with van der Waals surface area (Å²) in [5.41, 5.74) is -3.25. The Labute approximate surface area is 260 Å². The van der Waals surface area contributed by atoms with Crippen molar-refractivity contribution in [3.05, 3.63) is 93.0 Å². The number of carbonyl (C=O) groups excluding carboxylic acids is 5. The van der Waals surface area contributed by atoms with Crippen LogP contribution in [0.25, 0.3) is 0 Å². The highest BCUT2D eigenvalue weighted by Crippen LogP contribution is 2.23. The highest BCUT2D eigenvalue weighted by Gasteiger charge is 2.26. The van der Waals surface area contributed by atoms with E-state index in [-0.39, 0.29) is 29.0 Å². The van der Waals surface area contributed by atoms with Crippen LogP contribution in [0, 0.1) is 0 Å². The van der Waals surface area contributed by atoms with Crippen LogP contribution in [0.1, 0.15) is 103 Å². The van der Waals surface area contributed by atoms with Gasteiger partial charge in [0.2, 0.25) is 0 Å². The third-order valence-corrected chi connectivity index (χ3v) is 6.53. The molecule has 0 aliphatic carbocycles. The first-order valence-corrected chi connectivity index (χ1v) is 13.5. The van der Waals surface area contributed by atoms with Crippen molar-refractivity contribution in [1.29, 1.82) is 0 Å². The highest BCUT2D eigenvalue weighted by atomic mass is 16.4. The lowest BCUT2D eigenvalue weighted by Crippen LogP contribution is -2.27. The second-order valence-corrected chi connectivity index (χ2v) is 9.68. The van der Waals surface area contributed by atoms with Gasteiger partial charge in [0.25, 0.3) is 23.6 Å². The van der Waals surface area contributed by atoms with Gasteiger partial charge < -0.3 is 36.6 Å². The zero-order valence-electron chi connectivity index (χ0n) is 24.6. The first-order chi connectivity index (χ1) is 21.7. The van der Waals surface area contributed by atoms with E-state index in [1.54, 1.807) is 0 Å². The van der Waals surface area contributed by atoms with Gasteiger partial charge in [-0.1, -0.05) is 6.92 Å². The van der Waals surface area contributed by atoms with E-state index in [0.717, 1.165) is 25.1 Å². The van der Waals surface area contributed by atoms with Crippen molar-refractivity contribution in [3.8, 4) is 0 Å². The van der Waals surface area contributed by atoms with Crippen LogP contribution in [0.2, 0.25) is 0 Å². The predicted octanol–water partition coefficient (Wildman–Crippen LogP) is 2.99. The number of carboxylic acids is 3. The van der Waals surface area contributed by atoms with Crippen LogP contribution in [0.15, 0.2) is 48.5 Å². The minimum Gasteiger partial charge on any atom is -0.478 e. The van der Waals surface area contributed by atoms with Crippen molar-refractivity contribution in [1.82, 2.24) is 10.6 Å². The average molecular weight is 633 g/mol. The van der Waals surface area contributed by atoms with Gasteiger partial charge >= 0.3 is 17.9 Å². The minimum atomic E-state index is -1.61. The van der Waals surface area contributed by atoms with E-state index in [1.807, 2.05) is 6.92 Å². The minimum absolute atomic E-state index is 0.107. The Bertz CT molecular complexity index is 1800. The van der Waals surface area contributed by atoms with Crippen LogP contribution < -0.4 is 21.3 Å². The largest absolute Gasteiger partial charge is 0.478 e. The number of Topliss-reactive ketones (excluding diaryl/α,β-unsaturated/α-hetero) is 1. The van der Waals surface area contributed by atoms with Crippen molar-refractivity contribution in [2.45, 2.75) is 20.3 Å². The van der Waals surface area contributed by atoms with Gasteiger partial charge in [-0.25, -0.2) is 14.4 Å². The molecule has 0 atom stereocenters. The van der Waals surface area contributed by atoms with Crippen LogP contribution in [-0.4, -0.2) is 76.2 Å². The Kier molecular flexibility index (Phi) is 10.7. The molecule has 0 bridgehead atoms. The standard InChI is InChI=1S/C31H28N4O11/c1-4-9-33-26(38)18-11-20(22(29(41)42)10-17(18)14(2)36)27(39)34-15-5-7-16(8-6-15)35-28(40)21-12-19(25(37)32-3)23(30(43)44)13-24(21)31(45)46/h5-8,10-13H,4,9H2,1-3H3,(H,32,37)(H,33,38)(H,34,39)(H,35,40)(H,41,42)(H,43,44)(H,45,46). The van der Waals surface area contributed by atoms with Crippen molar-refractivity contribution in [2.75, 3.05) is 24.2 Å². The maximum Gasteiger partial charge on any atom is 0.336 e. The van der Waals surface area contributed by atoms with E-state index in [1.165, 1.54) is 31.3 Å². The highest BCUT2D eigenvalue weighted by molar-refractivity contribution is 6.16. The molecule has 7 N–H and O–H groups in total. The number of amides is 4. The molecule has 3 rings (SSSR count). The van der Waals surface area contributed by atoms with Gasteiger partial charge in [-0.3, -0.25) is 24.0 Å². The molecule has 3 aromatic rings. The second-order valence-electron chi connectivity index (χ2n) is 9.68. The maximum absolute atomic E-state index is 13.2. The third kappa shape index (κ3) is 7.57. The van der Waals surface area contributed by atoms with Gasteiger partial charge in [-0.2, -0.15) is 0 Å². The summed E-state index contributed by atoms with van der Waals surface area (Å²) < 4.78 is 0. The fourth-order valence-electron chi connectivity index (χ4n) is 4.28. The molecule has 15 nitrogen and oxygen atoms in total. The molecule has 3 aromatic carbocycles. The number of benzene rings is 3. The van der Waals surface area contributed by atoms with Crippen molar-refractivity contribution in [3.63, 3.8) is 0 Å². The van der Waals surface area contributed by atoms with Crippen LogP contribution in [0.4, 0.5) is 11.4 Å². The van der Waals surface area contributed by atoms with E-state index in [0.29, 0.717) is 12.5 Å². The summed E-state index contributed by atoms with van der Waals surface area (Å²) in [7, 11) is 1.23. The Morgan fingerprint density at radius 2 is 0.891 bits per heavy atom. The third-order valence-electron chi connectivity index (χ3n) is 6.53. The zero-order valence-corrected chi connectivity index (χ0v) is 24.6. The number of ketones is 1. The van der Waals surface area contributed by atoms with Crippen LogP contribution in [-0.2, 0) is 0 Å². The Morgan fingerprint density at radius 3 is 1.24 bits per heavy atom. The summed E-state index contributed by atoms with van der Waals surface area (Å²) in [5.74, 6) is -8.70. The molecular weight excluding hydrogens is 604 g/mol. The topological polar surface area (TPSA) is 245 Å². The van der Waals surface area contributed by atoms with E-state index >= 15 is 0 Å². The molecule has 0 aromatic heterocycles. The number of carboxylic acid groups (broad SMARTS) is 3. The van der Waals surface area contributed by atoms with E-state index in [4.69, 9.17) is 0 Å². The van der Waals surface area contributed by atoms with Crippen molar-refractivity contribution in [2.24, 2.45) is 0 Å². The lowest BCUT2D eigenvalue weighted by atomic mass is 9.95. The molecule has 238 valence electrons. The lowest BCUT2D eigenvalue weighted by molar-refractivity contribution is 0.0678. The van der Waals surface area contributed by atoms with Crippen LogP contribution >= 0.6 is 0 Å². The molecular formula is C31H28N4O11. The summed E-state index contributed by atoms with van der Waals surface area (Å²) >= 11 is 0. The molecule has 0 spiro atoms. The van der Waals surface area contributed by atoms with Gasteiger partial charge in [0.15, 0.2) is 5.78 Å². The molecule has 0 saturated heterocycles. The molecule has 4 amide bonds. The molecule has 46 heavy (non-hydrogen) atoms. The average Bonchev–Trinajstić information content (AvgIpc) is 3.02. The molecule has 0 aliphatic rings. The van der Waals surface area contributed by atoms with Gasteiger partial charge in [0, 0.05) is 30.5 Å². The Hall–Kier alpha value is -6.38. The first kappa shape index (κ1) is 34.1. The van der Waals surface area contributed by atoms with E-state index < -0.39 is 80.7 Å². The summed E-state index contributed by atoms with van der Waals surface area (Å²) in [6.45, 7) is 3.25. The van der Waals surface area contributed by atoms with E-state index in [9.17, 15) is 53.7 Å². The zero-order chi connectivity index (χ0) is 34.3. The fraction of sp³-hybridized carbons (Fsp3) is 0.161. The fourth-order valence-corrected chi connectivity index (χ4v) is 4.28. The number of carbonyl (C=O) groups is 8. The molecule has 0 fully saturated rings. The van der Waals surface area contributed by atoms with Gasteiger partial charge in [0.05, 0.1) is 38.9 Å². The number of rotatable bonds is 12. The number of hydrogen-bond donors (Lipinski definition) is 7. The molecule has 0 heterocycles. The molecule has 0 aliphatic heterocycles. The molecule has 0 saturated carbocycles. The van der Waals surface area contributed by atoms with Gasteiger partial charge in [0.1, 0.15) is 0 Å². The van der Waals surface area contributed by atoms with Gasteiger partial charge in [-0.05, 0) is 61.9 Å². The number of nitrogens with one attached hydrogen (secondary N) is 4. The monoisotopic (exact) mass is 632 g/mol. The quantitative estimate of drug-likeness (QED) is 0.143. The normalized spacial score (nSPS) is 10.3. The molecule has 0 radical (unpaired) electrons. The summed E-state index contributed by atoms with van der Waals surface area (Å²) in [6.07, 6.45) is 0.590. The SMILES string of the molecule is CCCNC(=O)c1cc(C(=O)Nc2ccc(NC(=O)c3cc(C(=O)NC)c(C(=O)O)cc3C(=O)O)cc2)c(C(=O)O)cc1C(C)=O. The Balaban J connectivity index is 1.91. The lowest BCUT2D eigenvalue weighted by Gasteiger charge is -2.14. The number of aromatic carboxylic acids is 3. The van der Waals surface area contributed by atoms with Crippen LogP contribution in [0.3, 0.4) is 0 Å². The first-order valence-electron chi connectivity index (χ1n) is 13.5. The smallest absolute Gasteiger partial charge is 0.336 e. The van der Waals surface area contributed by atoms with E-state index in [2.05, 4.69) is 21.3 Å². The van der Waals surface area contributed by atoms with Crippen LogP contribution in [0.5, 0.6) is 0 Å². The maximum atomic E-state index is 13.2. The molecule has 15 heteroatoms. The molecule has 0 unspecified atom stereocenters. The second kappa shape index (κ2) is 14.4. The number of hydrogen-bond acceptors (Lipinski definition) is 8. The summed E-state index contributed by atoms with van der Waals surface area (Å²) in [6, 6.07) is 8.84. The summed E-state index contributed by atoms with van der Waals surface area (Å²) in [5, 5.41) is 38.4. The van der Waals surface area contributed by atoms with Gasteiger partial charge in [-0.15, -0.1) is 0 Å². The summed E-state index contributed by atoms with van der Waals surface area (Å²) in [4.78, 5) is 98.6. The van der Waals surface area contributed by atoms with Crippen molar-refractivity contribution >= 4 is 58.7 Å². The van der Waals surface area contributed by atoms with Crippen molar-refractivity contribution < 1.29 is 53.7 Å². The number of anilines is 2. The Morgan fingerprint density at radius 1 is 0.543 bits per heavy atom.